The average molecular weight is 282 g/mol. The van der Waals surface area contributed by atoms with Gasteiger partial charge in [-0.25, -0.2) is 5.43 Å². The Hall–Kier alpha value is -2.69. The Bertz CT molecular complexity index is 630. The number of anilines is 1. The summed E-state index contributed by atoms with van der Waals surface area (Å²) in [6.45, 7) is 1.87. The molecular weight excluding hydrogens is 264 g/mol. The Morgan fingerprint density at radius 2 is 1.90 bits per heavy atom. The van der Waals surface area contributed by atoms with E-state index in [9.17, 15) is 4.79 Å². The quantitative estimate of drug-likeness (QED) is 0.691. The number of aryl methyl sites for hydroxylation is 1. The van der Waals surface area contributed by atoms with E-state index in [1.807, 2.05) is 50.2 Å². The van der Waals surface area contributed by atoms with Crippen molar-refractivity contribution < 1.29 is 4.79 Å². The van der Waals surface area contributed by atoms with Gasteiger partial charge in [-0.3, -0.25) is 9.78 Å². The Kier molecular flexibility index (Phi) is 4.66. The van der Waals surface area contributed by atoms with E-state index in [2.05, 4.69) is 15.5 Å². The number of rotatable bonds is 4. The summed E-state index contributed by atoms with van der Waals surface area (Å²) in [5.41, 5.74) is 5.87. The Morgan fingerprint density at radius 3 is 2.48 bits per heavy atom. The summed E-state index contributed by atoms with van der Waals surface area (Å²) >= 11 is 0. The Morgan fingerprint density at radius 1 is 1.19 bits per heavy atom. The van der Waals surface area contributed by atoms with Crippen LogP contribution in [0.2, 0.25) is 0 Å². The fourth-order valence-corrected chi connectivity index (χ4v) is 1.69. The first-order valence-corrected chi connectivity index (χ1v) is 6.60. The number of nitrogens with one attached hydrogen (secondary N) is 1. The SMILES string of the molecule is Cc1ccc(C(=O)N/N=C\c2ccc(N(C)C)cc2)cn1. The summed E-state index contributed by atoms with van der Waals surface area (Å²) in [5, 5.41) is 3.95. The van der Waals surface area contributed by atoms with Gasteiger partial charge in [0.05, 0.1) is 11.8 Å². The van der Waals surface area contributed by atoms with E-state index in [4.69, 9.17) is 0 Å². The van der Waals surface area contributed by atoms with E-state index in [0.29, 0.717) is 5.56 Å². The van der Waals surface area contributed by atoms with Crippen LogP contribution in [0.3, 0.4) is 0 Å². The summed E-state index contributed by atoms with van der Waals surface area (Å²) in [6, 6.07) is 11.4. The second-order valence-electron chi connectivity index (χ2n) is 4.87. The van der Waals surface area contributed by atoms with Gasteiger partial charge in [-0.1, -0.05) is 12.1 Å². The van der Waals surface area contributed by atoms with E-state index in [1.54, 1.807) is 18.3 Å². The molecule has 1 heterocycles. The van der Waals surface area contributed by atoms with Crippen molar-refractivity contribution >= 4 is 17.8 Å². The van der Waals surface area contributed by atoms with E-state index in [1.165, 1.54) is 6.20 Å². The third-order valence-electron chi connectivity index (χ3n) is 2.96. The summed E-state index contributed by atoms with van der Waals surface area (Å²) < 4.78 is 0. The topological polar surface area (TPSA) is 57.6 Å². The van der Waals surface area contributed by atoms with Crippen LogP contribution in [0.15, 0.2) is 47.7 Å². The molecule has 5 heteroatoms. The van der Waals surface area contributed by atoms with Crippen molar-refractivity contribution in [1.29, 1.82) is 0 Å². The molecule has 0 unspecified atom stereocenters. The lowest BCUT2D eigenvalue weighted by Gasteiger charge is -2.11. The standard InChI is InChI=1S/C16H18N4O/c1-12-4-7-14(11-17-12)16(21)19-18-10-13-5-8-15(9-6-13)20(2)3/h4-11H,1-3H3,(H,19,21)/b18-10-. The highest BCUT2D eigenvalue weighted by Crippen LogP contribution is 2.10. The predicted octanol–water partition coefficient (Wildman–Crippen LogP) is 2.22. The summed E-state index contributed by atoms with van der Waals surface area (Å²) in [7, 11) is 3.97. The van der Waals surface area contributed by atoms with Crippen LogP contribution in [0.4, 0.5) is 5.69 Å². The number of carbonyl (C=O) groups excluding carboxylic acids is 1. The molecule has 1 N–H and O–H groups in total. The number of hydrogen-bond acceptors (Lipinski definition) is 4. The molecule has 0 saturated heterocycles. The summed E-state index contributed by atoms with van der Waals surface area (Å²) in [5.74, 6) is -0.274. The molecular formula is C16H18N4O. The molecule has 0 radical (unpaired) electrons. The normalized spacial score (nSPS) is 10.6. The zero-order chi connectivity index (χ0) is 15.2. The van der Waals surface area contributed by atoms with Gasteiger partial charge >= 0.3 is 0 Å². The van der Waals surface area contributed by atoms with Crippen LogP contribution in [0.1, 0.15) is 21.6 Å². The van der Waals surface area contributed by atoms with Gasteiger partial charge in [0.15, 0.2) is 0 Å². The molecule has 1 aromatic carbocycles. The number of carbonyl (C=O) groups is 1. The maximum absolute atomic E-state index is 11.8. The highest BCUT2D eigenvalue weighted by molar-refractivity contribution is 5.94. The predicted molar refractivity (Wildman–Crippen MR) is 84.8 cm³/mol. The van der Waals surface area contributed by atoms with Crippen LogP contribution < -0.4 is 10.3 Å². The molecule has 0 aliphatic rings. The third-order valence-corrected chi connectivity index (χ3v) is 2.96. The molecule has 0 saturated carbocycles. The summed E-state index contributed by atoms with van der Waals surface area (Å²) in [6.07, 6.45) is 3.14. The monoisotopic (exact) mass is 282 g/mol. The Labute approximate surface area is 124 Å². The van der Waals surface area contributed by atoms with Gasteiger partial charge in [-0.05, 0) is 36.8 Å². The molecule has 1 amide bonds. The Balaban J connectivity index is 1.95. The van der Waals surface area contributed by atoms with Crippen molar-refractivity contribution in [3.05, 3.63) is 59.4 Å². The van der Waals surface area contributed by atoms with Gasteiger partial charge in [0.1, 0.15) is 0 Å². The molecule has 108 valence electrons. The summed E-state index contributed by atoms with van der Waals surface area (Å²) in [4.78, 5) is 17.9. The van der Waals surface area contributed by atoms with Crippen molar-refractivity contribution in [3.63, 3.8) is 0 Å². The number of aromatic nitrogens is 1. The van der Waals surface area contributed by atoms with Gasteiger partial charge < -0.3 is 4.90 Å². The number of hydrogen-bond donors (Lipinski definition) is 1. The molecule has 0 aliphatic carbocycles. The molecule has 1 aromatic heterocycles. The first-order valence-electron chi connectivity index (χ1n) is 6.60. The maximum Gasteiger partial charge on any atom is 0.272 e. The molecule has 0 bridgehead atoms. The molecule has 0 atom stereocenters. The van der Waals surface area contributed by atoms with Crippen molar-refractivity contribution in [2.75, 3.05) is 19.0 Å². The molecule has 21 heavy (non-hydrogen) atoms. The lowest BCUT2D eigenvalue weighted by atomic mass is 10.2. The minimum absolute atomic E-state index is 0.274. The number of hydrazone groups is 1. The third kappa shape index (κ3) is 4.14. The lowest BCUT2D eigenvalue weighted by molar-refractivity contribution is 0.0955. The van der Waals surface area contributed by atoms with Crippen LogP contribution in [0, 0.1) is 6.92 Å². The average Bonchev–Trinajstić information content (AvgIpc) is 2.48. The van der Waals surface area contributed by atoms with Crippen molar-refractivity contribution in [2.45, 2.75) is 6.92 Å². The van der Waals surface area contributed by atoms with Crippen LogP contribution in [0.5, 0.6) is 0 Å². The van der Waals surface area contributed by atoms with Crippen LogP contribution >= 0.6 is 0 Å². The van der Waals surface area contributed by atoms with Crippen LogP contribution in [-0.2, 0) is 0 Å². The first kappa shape index (κ1) is 14.7. The number of pyridine rings is 1. The highest BCUT2D eigenvalue weighted by Gasteiger charge is 2.03. The van der Waals surface area contributed by atoms with Crippen LogP contribution in [0.25, 0.3) is 0 Å². The maximum atomic E-state index is 11.8. The lowest BCUT2D eigenvalue weighted by Crippen LogP contribution is -2.17. The number of benzene rings is 1. The van der Waals surface area contributed by atoms with E-state index in [-0.39, 0.29) is 5.91 Å². The smallest absolute Gasteiger partial charge is 0.272 e. The van der Waals surface area contributed by atoms with Crippen molar-refractivity contribution in [1.82, 2.24) is 10.4 Å². The minimum atomic E-state index is -0.274. The fraction of sp³-hybridized carbons (Fsp3) is 0.188. The number of nitrogens with zero attached hydrogens (tertiary/aromatic N) is 3. The van der Waals surface area contributed by atoms with Crippen LogP contribution in [-0.4, -0.2) is 31.2 Å². The largest absolute Gasteiger partial charge is 0.378 e. The van der Waals surface area contributed by atoms with Crippen molar-refractivity contribution in [3.8, 4) is 0 Å². The van der Waals surface area contributed by atoms with Crippen molar-refractivity contribution in [2.24, 2.45) is 5.10 Å². The van der Waals surface area contributed by atoms with E-state index in [0.717, 1.165) is 16.9 Å². The highest BCUT2D eigenvalue weighted by atomic mass is 16.2. The van der Waals surface area contributed by atoms with E-state index < -0.39 is 0 Å². The van der Waals surface area contributed by atoms with Gasteiger partial charge in [0.2, 0.25) is 0 Å². The first-order chi connectivity index (χ1) is 10.1. The molecule has 0 fully saturated rings. The van der Waals surface area contributed by atoms with Gasteiger partial charge in [0.25, 0.3) is 5.91 Å². The number of amides is 1. The minimum Gasteiger partial charge on any atom is -0.378 e. The van der Waals surface area contributed by atoms with E-state index >= 15 is 0 Å². The second-order valence-corrected chi connectivity index (χ2v) is 4.87. The van der Waals surface area contributed by atoms with Gasteiger partial charge in [0, 0.05) is 31.7 Å². The molecule has 5 nitrogen and oxygen atoms in total. The zero-order valence-corrected chi connectivity index (χ0v) is 12.4. The second kappa shape index (κ2) is 6.65. The zero-order valence-electron chi connectivity index (χ0n) is 12.4. The van der Waals surface area contributed by atoms with Gasteiger partial charge in [-0.2, -0.15) is 5.10 Å². The molecule has 0 spiro atoms. The molecule has 2 rings (SSSR count). The fourth-order valence-electron chi connectivity index (χ4n) is 1.69. The molecule has 2 aromatic rings. The molecule has 0 aliphatic heterocycles. The van der Waals surface area contributed by atoms with Gasteiger partial charge in [-0.15, -0.1) is 0 Å².